The Morgan fingerprint density at radius 1 is 1.21 bits per heavy atom. The summed E-state index contributed by atoms with van der Waals surface area (Å²) in [7, 11) is 0. The fourth-order valence-corrected chi connectivity index (χ4v) is 2.12. The van der Waals surface area contributed by atoms with E-state index in [2.05, 4.69) is 20.1 Å². The number of aromatic nitrogens is 2. The molecule has 0 aliphatic heterocycles. The van der Waals surface area contributed by atoms with E-state index >= 15 is 0 Å². The van der Waals surface area contributed by atoms with E-state index in [1.54, 1.807) is 0 Å². The number of nitrogens with two attached hydrogens (primary N) is 1. The molecule has 1 aromatic heterocycles. The number of nitrogen functional groups attached to an aromatic ring is 1. The Kier molecular flexibility index (Phi) is 4.54. The molecule has 1 heterocycles. The number of alkyl halides is 3. The quantitative estimate of drug-likeness (QED) is 0.621. The van der Waals surface area contributed by atoms with E-state index in [-0.39, 0.29) is 18.5 Å². The Morgan fingerprint density at radius 2 is 2.00 bits per heavy atom. The Balaban J connectivity index is 1.89. The third-order valence-electron chi connectivity index (χ3n) is 3.38. The van der Waals surface area contributed by atoms with E-state index < -0.39 is 6.36 Å². The van der Waals surface area contributed by atoms with Crippen molar-refractivity contribution < 1.29 is 22.6 Å². The SMILES string of the molecule is NNc1cnc(-c2ccc(OC(F)(F)F)cc2COC2CC2)cn1. The number of nitrogens with one attached hydrogen (secondary N) is 1. The summed E-state index contributed by atoms with van der Waals surface area (Å²) in [6, 6.07) is 4.05. The summed E-state index contributed by atoms with van der Waals surface area (Å²) in [5.74, 6) is 5.32. The number of hydrogen-bond acceptors (Lipinski definition) is 6. The lowest BCUT2D eigenvalue weighted by Crippen LogP contribution is -2.17. The highest BCUT2D eigenvalue weighted by atomic mass is 19.4. The average Bonchev–Trinajstić information content (AvgIpc) is 3.36. The first kappa shape index (κ1) is 16.5. The number of rotatable bonds is 6. The maximum atomic E-state index is 12.4. The van der Waals surface area contributed by atoms with Crippen LogP contribution in [0.4, 0.5) is 19.0 Å². The molecule has 3 rings (SSSR count). The molecule has 0 radical (unpaired) electrons. The summed E-state index contributed by atoms with van der Waals surface area (Å²) >= 11 is 0. The van der Waals surface area contributed by atoms with Crippen LogP contribution in [0.1, 0.15) is 18.4 Å². The van der Waals surface area contributed by atoms with Crippen molar-refractivity contribution in [2.24, 2.45) is 5.84 Å². The lowest BCUT2D eigenvalue weighted by atomic mass is 10.0. The monoisotopic (exact) mass is 340 g/mol. The van der Waals surface area contributed by atoms with Gasteiger partial charge in [0.1, 0.15) is 5.75 Å². The van der Waals surface area contributed by atoms with Crippen LogP contribution in [0.3, 0.4) is 0 Å². The number of nitrogens with zero attached hydrogens (tertiary/aromatic N) is 2. The zero-order valence-corrected chi connectivity index (χ0v) is 12.5. The minimum atomic E-state index is -4.75. The minimum absolute atomic E-state index is 0.167. The first-order valence-electron chi connectivity index (χ1n) is 7.24. The molecule has 3 N–H and O–H groups in total. The smallest absolute Gasteiger partial charge is 0.406 e. The summed E-state index contributed by atoms with van der Waals surface area (Å²) in [4.78, 5) is 8.26. The van der Waals surface area contributed by atoms with Gasteiger partial charge >= 0.3 is 6.36 Å². The van der Waals surface area contributed by atoms with Crippen LogP contribution in [-0.4, -0.2) is 22.4 Å². The molecular formula is C15H15F3N4O2. The van der Waals surface area contributed by atoms with Gasteiger partial charge in [0, 0.05) is 5.56 Å². The van der Waals surface area contributed by atoms with Crippen LogP contribution in [0.25, 0.3) is 11.3 Å². The van der Waals surface area contributed by atoms with E-state index in [9.17, 15) is 13.2 Å². The highest BCUT2D eigenvalue weighted by Crippen LogP contribution is 2.32. The van der Waals surface area contributed by atoms with Crippen LogP contribution in [0, 0.1) is 0 Å². The largest absolute Gasteiger partial charge is 0.573 e. The molecule has 0 bridgehead atoms. The molecule has 1 saturated carbocycles. The van der Waals surface area contributed by atoms with Crippen LogP contribution in [0.2, 0.25) is 0 Å². The van der Waals surface area contributed by atoms with Crippen molar-refractivity contribution in [3.63, 3.8) is 0 Å². The Bertz CT molecular complexity index is 703. The third kappa shape index (κ3) is 4.33. The lowest BCUT2D eigenvalue weighted by molar-refractivity contribution is -0.274. The Hall–Kier alpha value is -2.39. The number of hydrogen-bond donors (Lipinski definition) is 2. The maximum Gasteiger partial charge on any atom is 0.573 e. The van der Waals surface area contributed by atoms with Gasteiger partial charge in [-0.1, -0.05) is 0 Å². The second-order valence-electron chi connectivity index (χ2n) is 5.31. The maximum absolute atomic E-state index is 12.4. The van der Waals surface area contributed by atoms with E-state index in [0.29, 0.717) is 22.6 Å². The van der Waals surface area contributed by atoms with Gasteiger partial charge in [-0.25, -0.2) is 10.8 Å². The number of ether oxygens (including phenoxy) is 2. The summed E-state index contributed by atoms with van der Waals surface area (Å²) in [5, 5.41) is 0. The second-order valence-corrected chi connectivity index (χ2v) is 5.31. The summed E-state index contributed by atoms with van der Waals surface area (Å²) in [6.07, 6.45) is 0.260. The van der Waals surface area contributed by atoms with Crippen molar-refractivity contribution in [1.29, 1.82) is 0 Å². The highest BCUT2D eigenvalue weighted by molar-refractivity contribution is 5.64. The second kappa shape index (κ2) is 6.62. The minimum Gasteiger partial charge on any atom is -0.406 e. The lowest BCUT2D eigenvalue weighted by Gasteiger charge is -2.14. The molecule has 1 aliphatic rings. The summed E-state index contributed by atoms with van der Waals surface area (Å²) < 4.78 is 46.8. The molecule has 0 atom stereocenters. The molecule has 0 unspecified atom stereocenters. The molecule has 0 spiro atoms. The summed E-state index contributed by atoms with van der Waals surface area (Å²) in [6.45, 7) is 0.174. The van der Waals surface area contributed by atoms with Gasteiger partial charge < -0.3 is 14.9 Å². The van der Waals surface area contributed by atoms with Gasteiger partial charge in [-0.05, 0) is 36.6 Å². The van der Waals surface area contributed by atoms with E-state index in [4.69, 9.17) is 10.6 Å². The molecular weight excluding hydrogens is 325 g/mol. The van der Waals surface area contributed by atoms with Gasteiger partial charge in [0.25, 0.3) is 0 Å². The molecule has 0 saturated heterocycles. The number of benzene rings is 1. The van der Waals surface area contributed by atoms with E-state index in [1.807, 2.05) is 0 Å². The Labute approximate surface area is 135 Å². The average molecular weight is 340 g/mol. The topological polar surface area (TPSA) is 82.3 Å². The molecule has 24 heavy (non-hydrogen) atoms. The zero-order chi connectivity index (χ0) is 17.2. The predicted molar refractivity (Wildman–Crippen MR) is 79.8 cm³/mol. The highest BCUT2D eigenvalue weighted by Gasteiger charge is 2.31. The van der Waals surface area contributed by atoms with Crippen LogP contribution in [0.5, 0.6) is 5.75 Å². The van der Waals surface area contributed by atoms with Crippen LogP contribution < -0.4 is 16.0 Å². The number of hydrazine groups is 1. The van der Waals surface area contributed by atoms with Crippen LogP contribution in [0.15, 0.2) is 30.6 Å². The van der Waals surface area contributed by atoms with Crippen molar-refractivity contribution in [2.45, 2.75) is 31.9 Å². The van der Waals surface area contributed by atoms with Gasteiger partial charge in [0.2, 0.25) is 0 Å². The fraction of sp³-hybridized carbons (Fsp3) is 0.333. The van der Waals surface area contributed by atoms with Gasteiger partial charge in [-0.2, -0.15) is 0 Å². The van der Waals surface area contributed by atoms with Crippen molar-refractivity contribution in [3.05, 3.63) is 36.2 Å². The Morgan fingerprint density at radius 3 is 2.58 bits per heavy atom. The molecule has 6 nitrogen and oxygen atoms in total. The normalized spacial score (nSPS) is 14.5. The number of anilines is 1. The molecule has 1 aliphatic carbocycles. The first-order valence-corrected chi connectivity index (χ1v) is 7.24. The van der Waals surface area contributed by atoms with Gasteiger partial charge in [-0.15, -0.1) is 13.2 Å². The van der Waals surface area contributed by atoms with Crippen molar-refractivity contribution in [1.82, 2.24) is 9.97 Å². The molecule has 9 heteroatoms. The zero-order valence-electron chi connectivity index (χ0n) is 12.5. The van der Waals surface area contributed by atoms with Gasteiger partial charge in [0.05, 0.1) is 30.8 Å². The number of halogens is 3. The fourth-order valence-electron chi connectivity index (χ4n) is 2.12. The van der Waals surface area contributed by atoms with Gasteiger partial charge in [-0.3, -0.25) is 4.98 Å². The van der Waals surface area contributed by atoms with Crippen LogP contribution >= 0.6 is 0 Å². The van der Waals surface area contributed by atoms with Crippen molar-refractivity contribution in [2.75, 3.05) is 5.43 Å². The van der Waals surface area contributed by atoms with E-state index in [0.717, 1.165) is 12.8 Å². The van der Waals surface area contributed by atoms with Crippen molar-refractivity contribution in [3.8, 4) is 17.0 Å². The van der Waals surface area contributed by atoms with Crippen LogP contribution in [-0.2, 0) is 11.3 Å². The molecule has 1 aromatic carbocycles. The molecule has 128 valence electrons. The van der Waals surface area contributed by atoms with Crippen molar-refractivity contribution >= 4 is 5.82 Å². The molecule has 1 fully saturated rings. The van der Waals surface area contributed by atoms with Gasteiger partial charge in [0.15, 0.2) is 5.82 Å². The summed E-state index contributed by atoms with van der Waals surface area (Å²) in [5.41, 5.74) is 4.04. The standard InChI is InChI=1S/C15H15F3N4O2/c16-15(17,18)24-11-3-4-12(9(5-11)8-23-10-1-2-10)13-6-21-14(22-19)7-20-13/h3-7,10H,1-2,8,19H2,(H,21,22). The molecule has 2 aromatic rings. The third-order valence-corrected chi connectivity index (χ3v) is 3.38. The molecule has 0 amide bonds. The first-order chi connectivity index (χ1) is 11.4. The predicted octanol–water partition coefficient (Wildman–Crippen LogP) is 3.01. The van der Waals surface area contributed by atoms with E-state index in [1.165, 1.54) is 30.6 Å².